The van der Waals surface area contributed by atoms with Crippen molar-refractivity contribution in [2.45, 2.75) is 39.0 Å². The zero-order valence-corrected chi connectivity index (χ0v) is 27.0. The fourth-order valence-corrected chi connectivity index (χ4v) is 4.53. The molecule has 1 heterocycles. The van der Waals surface area contributed by atoms with Crippen molar-refractivity contribution in [2.75, 3.05) is 26.2 Å². The lowest BCUT2D eigenvalue weighted by Gasteiger charge is -2.22. The van der Waals surface area contributed by atoms with Gasteiger partial charge >= 0.3 is 17.8 Å². The number of ether oxygens (including phenoxy) is 3. The third kappa shape index (κ3) is 9.08. The lowest BCUT2D eigenvalue weighted by Crippen LogP contribution is -2.32. The van der Waals surface area contributed by atoms with Crippen molar-refractivity contribution in [3.05, 3.63) is 110 Å². The average molecular weight is 689 g/mol. The van der Waals surface area contributed by atoms with Gasteiger partial charge in [0.1, 0.15) is 18.3 Å². The maximum atomic E-state index is 14.8. The second-order valence-corrected chi connectivity index (χ2v) is 11.3. The average Bonchev–Trinajstić information content (AvgIpc) is 3.38. The van der Waals surface area contributed by atoms with Gasteiger partial charge in [0.2, 0.25) is 0 Å². The Kier molecular flexibility index (Phi) is 11.7. The maximum absolute atomic E-state index is 14.8. The molecule has 240 valence electrons. The molecule has 1 aromatic heterocycles. The number of allylic oxidation sites excluding steroid dienone is 2. The smallest absolute Gasteiger partial charge is 0.407 e. The predicted octanol–water partition coefficient (Wildman–Crippen LogP) is 5.79. The highest BCUT2D eigenvalue weighted by Crippen LogP contribution is 2.29. The van der Waals surface area contributed by atoms with Crippen LogP contribution in [0.1, 0.15) is 48.6 Å². The van der Waals surface area contributed by atoms with Gasteiger partial charge in [-0.25, -0.2) is 18.8 Å². The highest BCUT2D eigenvalue weighted by atomic mass is 79.9. The third-order valence-electron chi connectivity index (χ3n) is 6.16. The van der Waals surface area contributed by atoms with Gasteiger partial charge in [-0.1, -0.05) is 34.6 Å². The summed E-state index contributed by atoms with van der Waals surface area (Å²) in [4.78, 5) is 39.8. The molecule has 0 bridgehead atoms. The zero-order chi connectivity index (χ0) is 33.3. The first-order valence-electron chi connectivity index (χ1n) is 13.6. The number of hydrogen-bond acceptors (Lipinski definition) is 8. The molecular weight excluding hydrogens is 653 g/mol. The number of methoxy groups -OCH3 is 2. The Labute approximate surface area is 267 Å². The Bertz CT molecular complexity index is 1670. The number of benzene rings is 2. The molecule has 0 aliphatic heterocycles. The van der Waals surface area contributed by atoms with Crippen molar-refractivity contribution in [3.8, 4) is 5.69 Å². The quantitative estimate of drug-likeness (QED) is 0.129. The number of rotatable bonds is 13. The van der Waals surface area contributed by atoms with E-state index in [1.54, 1.807) is 45.0 Å². The number of alkyl halides is 1. The second-order valence-electron chi connectivity index (χ2n) is 10.5. The lowest BCUT2D eigenvalue weighted by molar-refractivity contribution is 0.0522. The first kappa shape index (κ1) is 34.6. The summed E-state index contributed by atoms with van der Waals surface area (Å²) in [6.45, 7) is 8.04. The number of anilines is 1. The van der Waals surface area contributed by atoms with E-state index in [0.717, 1.165) is 4.68 Å². The number of alkyl carbamates (subject to hydrolysis) is 1. The summed E-state index contributed by atoms with van der Waals surface area (Å²) in [6, 6.07) is 9.92. The van der Waals surface area contributed by atoms with E-state index < -0.39 is 36.1 Å². The molecule has 0 aliphatic carbocycles. The van der Waals surface area contributed by atoms with Crippen LogP contribution in [0.25, 0.3) is 5.69 Å². The number of H-pyrrole nitrogens is 1. The van der Waals surface area contributed by atoms with Gasteiger partial charge in [-0.15, -0.1) is 5.10 Å². The molecule has 14 heteroatoms. The summed E-state index contributed by atoms with van der Waals surface area (Å²) in [5.74, 6) is -0.887. The molecule has 2 aromatic carbocycles. The third-order valence-corrected chi connectivity index (χ3v) is 6.93. The minimum atomic E-state index is -1.25. The predicted molar refractivity (Wildman–Crippen MR) is 170 cm³/mol. The number of carbonyl (C=O) groups is 2. The summed E-state index contributed by atoms with van der Waals surface area (Å²) in [6.07, 6.45) is 2.18. The molecule has 0 radical (unpaired) electrons. The summed E-state index contributed by atoms with van der Waals surface area (Å²) < 4.78 is 32.4. The number of carbonyl (C=O) groups excluding carboxylic acids is 1. The summed E-state index contributed by atoms with van der Waals surface area (Å²) in [5, 5.41) is 19.9. The number of aromatic amines is 1. The van der Waals surface area contributed by atoms with Gasteiger partial charge in [0, 0.05) is 16.7 Å². The molecule has 1 unspecified atom stereocenters. The molecule has 12 nitrogen and oxygen atoms in total. The zero-order valence-electron chi connectivity index (χ0n) is 25.4. The van der Waals surface area contributed by atoms with E-state index in [2.05, 4.69) is 43.2 Å². The molecule has 1 amide bonds. The first-order chi connectivity index (χ1) is 21.3. The monoisotopic (exact) mass is 687 g/mol. The van der Waals surface area contributed by atoms with Crippen LogP contribution in [0.2, 0.25) is 0 Å². The first-order valence-corrected chi connectivity index (χ1v) is 14.4. The van der Waals surface area contributed by atoms with Gasteiger partial charge in [0.05, 0.1) is 25.5 Å². The number of carboxylic acid groups (broad SMARTS) is 1. The fraction of sp³-hybridized carbons (Fsp3) is 0.290. The van der Waals surface area contributed by atoms with Crippen molar-refractivity contribution < 1.29 is 33.3 Å². The minimum absolute atomic E-state index is 0.0199. The van der Waals surface area contributed by atoms with Crippen LogP contribution in [0.5, 0.6) is 0 Å². The van der Waals surface area contributed by atoms with E-state index in [1.165, 1.54) is 44.6 Å². The van der Waals surface area contributed by atoms with Gasteiger partial charge < -0.3 is 30.0 Å². The number of amides is 1. The number of para-hydroxylation sites is 1. The van der Waals surface area contributed by atoms with Gasteiger partial charge in [0.15, 0.2) is 17.3 Å². The Morgan fingerprint density at radius 3 is 2.47 bits per heavy atom. The number of aromatic carboxylic acids is 1. The molecule has 0 spiro atoms. The largest absolute Gasteiger partial charge is 0.493 e. The second kappa shape index (κ2) is 15.2. The van der Waals surface area contributed by atoms with Crippen molar-refractivity contribution in [3.63, 3.8) is 0 Å². The summed E-state index contributed by atoms with van der Waals surface area (Å²) in [7, 11) is 2.78. The topological polar surface area (TPSA) is 157 Å². The molecule has 0 fully saturated rings. The molecule has 0 saturated carbocycles. The van der Waals surface area contributed by atoms with E-state index in [4.69, 9.17) is 14.2 Å². The number of nitrogens with one attached hydrogen (secondary N) is 3. The van der Waals surface area contributed by atoms with Crippen LogP contribution >= 0.6 is 15.9 Å². The molecule has 0 saturated heterocycles. The van der Waals surface area contributed by atoms with Crippen molar-refractivity contribution in [1.82, 2.24) is 20.1 Å². The van der Waals surface area contributed by atoms with Crippen LogP contribution < -0.4 is 16.3 Å². The number of carboxylic acids is 1. The molecule has 4 N–H and O–H groups in total. The molecule has 3 aromatic rings. The summed E-state index contributed by atoms with van der Waals surface area (Å²) in [5.41, 5.74) is -0.341. The van der Waals surface area contributed by atoms with E-state index >= 15 is 0 Å². The number of nitrogens with zero attached hydrogens (tertiary/aromatic N) is 2. The molecule has 3 rings (SSSR count). The molecule has 1 atom stereocenters. The highest BCUT2D eigenvalue weighted by molar-refractivity contribution is 9.10. The van der Waals surface area contributed by atoms with Crippen molar-refractivity contribution in [1.29, 1.82) is 0 Å². The SMILES string of the molecule is C=C/C(OC)=C(\C=C(/CF)C(Nc1ccc(Br)c(CNC(=O)OC(C)(C)C)c1)c1nn(-c2ccccc2C(=O)O)c(=O)[nH]1)OC. The van der Waals surface area contributed by atoms with Gasteiger partial charge in [0.25, 0.3) is 0 Å². The van der Waals surface area contributed by atoms with E-state index in [0.29, 0.717) is 15.7 Å². The van der Waals surface area contributed by atoms with E-state index in [9.17, 15) is 23.9 Å². The molecule has 45 heavy (non-hydrogen) atoms. The Balaban J connectivity index is 2.12. The van der Waals surface area contributed by atoms with Gasteiger partial charge in [-0.3, -0.25) is 4.98 Å². The van der Waals surface area contributed by atoms with E-state index in [-0.39, 0.29) is 40.7 Å². The van der Waals surface area contributed by atoms with Gasteiger partial charge in [-0.05, 0) is 74.4 Å². The van der Waals surface area contributed by atoms with E-state index in [1.807, 2.05) is 0 Å². The lowest BCUT2D eigenvalue weighted by atomic mass is 10.0. The van der Waals surface area contributed by atoms with Crippen LogP contribution in [0.3, 0.4) is 0 Å². The van der Waals surface area contributed by atoms with Crippen LogP contribution in [0.4, 0.5) is 14.9 Å². The maximum Gasteiger partial charge on any atom is 0.407 e. The fourth-order valence-electron chi connectivity index (χ4n) is 4.14. The normalized spacial score (nSPS) is 12.9. The van der Waals surface area contributed by atoms with Crippen LogP contribution in [-0.4, -0.2) is 58.4 Å². The van der Waals surface area contributed by atoms with Crippen LogP contribution in [0.15, 0.2) is 87.6 Å². The Hall–Kier alpha value is -4.85. The number of aromatic nitrogens is 3. The standard InChI is InChI=1S/C31H35BrFN5O7/c1-7-24(43-5)25(44-6)15-18(16-33)26(27-36-29(41)38(37-27)23-11-9-8-10-21(23)28(39)40)35-20-12-13-22(32)19(14-20)17-34-30(42)45-31(2,3)4/h7-15,26,35H,1,16-17H2,2-6H3,(H,34,42)(H,39,40)(H,36,37,41)/b18-15+,25-24-. The van der Waals surface area contributed by atoms with Crippen molar-refractivity contribution in [2.24, 2.45) is 0 Å². The molecule has 0 aliphatic rings. The van der Waals surface area contributed by atoms with Crippen LogP contribution in [-0.2, 0) is 20.8 Å². The van der Waals surface area contributed by atoms with Crippen LogP contribution in [0, 0.1) is 0 Å². The number of hydrogen-bond donors (Lipinski definition) is 4. The number of halogens is 2. The Morgan fingerprint density at radius 1 is 1.18 bits per heavy atom. The summed E-state index contributed by atoms with van der Waals surface area (Å²) >= 11 is 3.48. The Morgan fingerprint density at radius 2 is 1.87 bits per heavy atom. The van der Waals surface area contributed by atoms with Crippen molar-refractivity contribution >= 4 is 33.7 Å². The minimum Gasteiger partial charge on any atom is -0.493 e. The highest BCUT2D eigenvalue weighted by Gasteiger charge is 2.25. The van der Waals surface area contributed by atoms with Gasteiger partial charge in [-0.2, -0.15) is 4.68 Å². The molecular formula is C31H35BrFN5O7.